The second kappa shape index (κ2) is 3.76. The molecule has 1 fully saturated rings. The van der Waals surface area contributed by atoms with Crippen molar-refractivity contribution in [3.8, 4) is 0 Å². The molecule has 1 saturated heterocycles. The van der Waals surface area contributed by atoms with Crippen LogP contribution in [-0.2, 0) is 4.74 Å². The Kier molecular flexibility index (Phi) is 2.92. The van der Waals surface area contributed by atoms with E-state index in [1.54, 1.807) is 0 Å². The van der Waals surface area contributed by atoms with Crippen LogP contribution in [0.25, 0.3) is 0 Å². The minimum absolute atomic E-state index is 0.238. The Bertz CT molecular complexity index is 172. The highest BCUT2D eigenvalue weighted by molar-refractivity contribution is 5.67. The largest absolute Gasteiger partial charge is 0.453 e. The van der Waals surface area contributed by atoms with Crippen molar-refractivity contribution in [3.63, 3.8) is 0 Å². The van der Waals surface area contributed by atoms with E-state index in [0.29, 0.717) is 5.92 Å². The second-order valence-corrected chi connectivity index (χ2v) is 3.44. The van der Waals surface area contributed by atoms with E-state index >= 15 is 0 Å². The van der Waals surface area contributed by atoms with Crippen LogP contribution in [0.5, 0.6) is 0 Å². The first-order valence-electron chi connectivity index (χ1n) is 4.16. The van der Waals surface area contributed by atoms with Crippen LogP contribution >= 0.6 is 0 Å². The Morgan fingerprint density at radius 3 is 2.67 bits per heavy atom. The van der Waals surface area contributed by atoms with Crippen molar-refractivity contribution in [2.24, 2.45) is 5.92 Å². The Balaban J connectivity index is 2.37. The van der Waals surface area contributed by atoms with Gasteiger partial charge < -0.3 is 15.0 Å². The standard InChI is InChI=1S/C8H16N2O2/c1-6-4-10(2)5-7(6)9-8(11)12-3/h6-7H,4-5H2,1-3H3,(H,9,11). The molecule has 1 amide bonds. The monoisotopic (exact) mass is 172 g/mol. The summed E-state index contributed by atoms with van der Waals surface area (Å²) in [6.45, 7) is 4.08. The molecule has 2 unspecified atom stereocenters. The van der Waals surface area contributed by atoms with Gasteiger partial charge in [0.15, 0.2) is 0 Å². The van der Waals surface area contributed by atoms with E-state index in [1.165, 1.54) is 7.11 Å². The van der Waals surface area contributed by atoms with E-state index in [2.05, 4.69) is 28.9 Å². The molecule has 0 aromatic rings. The number of alkyl carbamates (subject to hydrolysis) is 1. The van der Waals surface area contributed by atoms with Crippen molar-refractivity contribution in [1.29, 1.82) is 0 Å². The predicted octanol–water partition coefficient (Wildman–Crippen LogP) is 0.292. The normalized spacial score (nSPS) is 30.2. The third-order valence-corrected chi connectivity index (χ3v) is 2.28. The van der Waals surface area contributed by atoms with Gasteiger partial charge in [0.1, 0.15) is 0 Å². The minimum atomic E-state index is -0.331. The number of ether oxygens (including phenoxy) is 1. The number of likely N-dealkylation sites (N-methyl/N-ethyl adjacent to an activating group) is 1. The predicted molar refractivity (Wildman–Crippen MR) is 46.0 cm³/mol. The first-order chi connectivity index (χ1) is 5.63. The lowest BCUT2D eigenvalue weighted by atomic mass is 10.1. The molecule has 0 saturated carbocycles. The van der Waals surface area contributed by atoms with E-state index < -0.39 is 0 Å². The molecule has 2 atom stereocenters. The molecule has 1 N–H and O–H groups in total. The summed E-state index contributed by atoms with van der Waals surface area (Å²) in [6, 6.07) is 0.238. The minimum Gasteiger partial charge on any atom is -0.453 e. The van der Waals surface area contributed by atoms with Gasteiger partial charge in [-0.15, -0.1) is 0 Å². The number of hydrogen-bond acceptors (Lipinski definition) is 3. The first-order valence-corrected chi connectivity index (χ1v) is 4.16. The molecule has 1 heterocycles. The van der Waals surface area contributed by atoms with Crippen molar-refractivity contribution < 1.29 is 9.53 Å². The molecule has 70 valence electrons. The highest BCUT2D eigenvalue weighted by Gasteiger charge is 2.28. The first kappa shape index (κ1) is 9.32. The zero-order valence-electron chi connectivity index (χ0n) is 7.83. The number of rotatable bonds is 1. The summed E-state index contributed by atoms with van der Waals surface area (Å²) >= 11 is 0. The number of carbonyl (C=O) groups is 1. The fourth-order valence-electron chi connectivity index (χ4n) is 1.61. The summed E-state index contributed by atoms with van der Waals surface area (Å²) < 4.78 is 4.53. The van der Waals surface area contributed by atoms with Crippen LogP contribution in [0.3, 0.4) is 0 Å². The average molecular weight is 172 g/mol. The summed E-state index contributed by atoms with van der Waals surface area (Å²) in [5.74, 6) is 0.508. The summed E-state index contributed by atoms with van der Waals surface area (Å²) in [5, 5.41) is 2.81. The number of hydrogen-bond donors (Lipinski definition) is 1. The highest BCUT2D eigenvalue weighted by Crippen LogP contribution is 2.13. The fraction of sp³-hybridized carbons (Fsp3) is 0.875. The molecular weight excluding hydrogens is 156 g/mol. The summed E-state index contributed by atoms with van der Waals surface area (Å²) in [6.07, 6.45) is -0.331. The van der Waals surface area contributed by atoms with E-state index in [-0.39, 0.29) is 12.1 Å². The number of amides is 1. The van der Waals surface area contributed by atoms with E-state index in [9.17, 15) is 4.79 Å². The van der Waals surface area contributed by atoms with E-state index in [4.69, 9.17) is 0 Å². The van der Waals surface area contributed by atoms with Crippen molar-refractivity contribution >= 4 is 6.09 Å². The molecule has 0 aromatic heterocycles. The highest BCUT2D eigenvalue weighted by atomic mass is 16.5. The van der Waals surface area contributed by atoms with Crippen molar-refractivity contribution in [2.75, 3.05) is 27.2 Å². The van der Waals surface area contributed by atoms with Gasteiger partial charge in [-0.2, -0.15) is 0 Å². The van der Waals surface area contributed by atoms with Gasteiger partial charge in [-0.25, -0.2) is 4.79 Å². The van der Waals surface area contributed by atoms with Crippen LogP contribution in [0.2, 0.25) is 0 Å². The van der Waals surface area contributed by atoms with Crippen molar-refractivity contribution in [3.05, 3.63) is 0 Å². The number of methoxy groups -OCH3 is 1. The van der Waals surface area contributed by atoms with Gasteiger partial charge in [-0.3, -0.25) is 0 Å². The van der Waals surface area contributed by atoms with Gasteiger partial charge in [0.05, 0.1) is 7.11 Å². The van der Waals surface area contributed by atoms with E-state index in [1.807, 2.05) is 0 Å². The molecule has 0 bridgehead atoms. The molecule has 0 aromatic carbocycles. The number of carbonyl (C=O) groups excluding carboxylic acids is 1. The van der Waals surface area contributed by atoms with Gasteiger partial charge in [0, 0.05) is 19.1 Å². The van der Waals surface area contributed by atoms with Gasteiger partial charge in [0.25, 0.3) is 0 Å². The maximum Gasteiger partial charge on any atom is 0.407 e. The lowest BCUT2D eigenvalue weighted by Crippen LogP contribution is -2.39. The van der Waals surface area contributed by atoms with Crippen LogP contribution in [0.15, 0.2) is 0 Å². The number of nitrogens with one attached hydrogen (secondary N) is 1. The topological polar surface area (TPSA) is 41.6 Å². The maximum atomic E-state index is 10.9. The lowest BCUT2D eigenvalue weighted by molar-refractivity contribution is 0.165. The molecule has 4 nitrogen and oxygen atoms in total. The van der Waals surface area contributed by atoms with Crippen molar-refractivity contribution in [1.82, 2.24) is 10.2 Å². The summed E-state index contributed by atoms with van der Waals surface area (Å²) in [4.78, 5) is 13.1. The van der Waals surface area contributed by atoms with Crippen LogP contribution in [0.4, 0.5) is 4.79 Å². The third kappa shape index (κ3) is 2.11. The smallest absolute Gasteiger partial charge is 0.407 e. The Morgan fingerprint density at radius 2 is 2.25 bits per heavy atom. The number of nitrogens with zero attached hydrogens (tertiary/aromatic N) is 1. The van der Waals surface area contributed by atoms with Gasteiger partial charge >= 0.3 is 6.09 Å². The van der Waals surface area contributed by atoms with Crippen LogP contribution in [0.1, 0.15) is 6.92 Å². The fourth-order valence-corrected chi connectivity index (χ4v) is 1.61. The van der Waals surface area contributed by atoms with E-state index in [0.717, 1.165) is 13.1 Å². The van der Waals surface area contributed by atoms with Crippen LogP contribution in [-0.4, -0.2) is 44.3 Å². The Hall–Kier alpha value is -0.770. The molecule has 1 rings (SSSR count). The third-order valence-electron chi connectivity index (χ3n) is 2.28. The SMILES string of the molecule is COC(=O)NC1CN(C)CC1C. The molecule has 1 aliphatic rings. The van der Waals surface area contributed by atoms with Crippen LogP contribution < -0.4 is 5.32 Å². The van der Waals surface area contributed by atoms with Gasteiger partial charge in [0.2, 0.25) is 0 Å². The Morgan fingerprint density at radius 1 is 1.58 bits per heavy atom. The van der Waals surface area contributed by atoms with Gasteiger partial charge in [-0.1, -0.05) is 6.92 Å². The second-order valence-electron chi connectivity index (χ2n) is 3.44. The zero-order valence-corrected chi connectivity index (χ0v) is 7.83. The number of likely N-dealkylation sites (tertiary alicyclic amines) is 1. The van der Waals surface area contributed by atoms with Crippen molar-refractivity contribution in [2.45, 2.75) is 13.0 Å². The molecule has 0 aliphatic carbocycles. The maximum absolute atomic E-state index is 10.9. The lowest BCUT2D eigenvalue weighted by Gasteiger charge is -2.14. The molecule has 12 heavy (non-hydrogen) atoms. The molecule has 4 heteroatoms. The Labute approximate surface area is 72.9 Å². The molecule has 0 spiro atoms. The average Bonchev–Trinajstić information content (AvgIpc) is 2.30. The van der Waals surface area contributed by atoms with Gasteiger partial charge in [-0.05, 0) is 13.0 Å². The quantitative estimate of drug-likeness (QED) is 0.618. The summed E-state index contributed by atoms with van der Waals surface area (Å²) in [5.41, 5.74) is 0. The summed E-state index contributed by atoms with van der Waals surface area (Å²) in [7, 11) is 3.44. The molecular formula is C8H16N2O2. The zero-order chi connectivity index (χ0) is 9.14. The molecule has 0 radical (unpaired) electrons. The van der Waals surface area contributed by atoms with Crippen LogP contribution in [0, 0.1) is 5.92 Å². The molecule has 1 aliphatic heterocycles.